The summed E-state index contributed by atoms with van der Waals surface area (Å²) in [5.74, 6) is 0.117. The minimum atomic E-state index is -0.422. The van der Waals surface area contributed by atoms with Crippen molar-refractivity contribution in [1.82, 2.24) is 20.2 Å². The lowest BCUT2D eigenvalue weighted by Crippen LogP contribution is -2.02. The van der Waals surface area contributed by atoms with Crippen LogP contribution in [0, 0.1) is 5.82 Å². The average Bonchev–Trinajstić information content (AvgIpc) is 3.33. The number of fused-ring (bicyclic) bond motifs is 1. The molecule has 1 aliphatic carbocycles. The first kappa shape index (κ1) is 16.6. The van der Waals surface area contributed by atoms with Crippen molar-refractivity contribution in [3.63, 3.8) is 0 Å². The van der Waals surface area contributed by atoms with E-state index in [9.17, 15) is 9.18 Å². The van der Waals surface area contributed by atoms with Crippen molar-refractivity contribution in [3.05, 3.63) is 40.6 Å². The van der Waals surface area contributed by atoms with Crippen molar-refractivity contribution in [3.8, 4) is 0 Å². The summed E-state index contributed by atoms with van der Waals surface area (Å²) in [5, 5.41) is 10.6. The average molecular weight is 368 g/mol. The third-order valence-electron chi connectivity index (χ3n) is 3.74. The highest BCUT2D eigenvalue weighted by Crippen LogP contribution is 2.41. The van der Waals surface area contributed by atoms with E-state index in [2.05, 4.69) is 25.5 Å². The van der Waals surface area contributed by atoms with Crippen molar-refractivity contribution < 1.29 is 9.18 Å². The first-order chi connectivity index (χ1) is 11.2. The third kappa shape index (κ3) is 2.92. The summed E-state index contributed by atoms with van der Waals surface area (Å²) in [6, 6.07) is 4.99. The van der Waals surface area contributed by atoms with E-state index in [0.717, 1.165) is 12.8 Å². The number of hydrogen-bond acceptors (Lipinski definition) is 5. The van der Waals surface area contributed by atoms with Crippen LogP contribution >= 0.6 is 24.0 Å². The molecule has 0 atom stereocenters. The largest absolute Gasteiger partial charge is 0.320 e. The highest BCUT2D eigenvalue weighted by molar-refractivity contribution is 6.31. The fourth-order valence-electron chi connectivity index (χ4n) is 2.45. The molecule has 1 aliphatic rings. The summed E-state index contributed by atoms with van der Waals surface area (Å²) in [6.45, 7) is 0. The molecule has 24 heavy (non-hydrogen) atoms. The number of carbonyl (C=O) groups is 1. The lowest BCUT2D eigenvalue weighted by atomic mass is 10.2. The lowest BCUT2D eigenvalue weighted by molar-refractivity contribution is 0.111. The van der Waals surface area contributed by atoms with E-state index < -0.39 is 5.82 Å². The molecule has 0 bridgehead atoms. The number of hydrogen-bond donors (Lipinski definition) is 2. The monoisotopic (exact) mass is 367 g/mol. The molecule has 2 N–H and O–H groups in total. The molecule has 9 heteroatoms. The van der Waals surface area contributed by atoms with E-state index in [-0.39, 0.29) is 35.8 Å². The standard InChI is InChI=1S/C15H11ClFN5O.ClH/c16-8-3-4-10-9(5-8)14(19-11(6-23)18-10)20-15-12(17)13(21-22-15)7-1-2-7;/h3-7H,1-2H2,(H2,18,19,20,21,22);1H. The molecule has 0 spiro atoms. The molecule has 1 fully saturated rings. The molecule has 2 aromatic heterocycles. The number of nitrogens with zero attached hydrogens (tertiary/aromatic N) is 3. The van der Waals surface area contributed by atoms with Gasteiger partial charge in [0.2, 0.25) is 0 Å². The van der Waals surface area contributed by atoms with Gasteiger partial charge in [-0.1, -0.05) is 11.6 Å². The second-order valence-electron chi connectivity index (χ2n) is 5.41. The van der Waals surface area contributed by atoms with E-state index in [4.69, 9.17) is 11.6 Å². The Hall–Kier alpha value is -2.25. The number of aromatic nitrogens is 4. The normalized spacial score (nSPS) is 13.6. The molecule has 0 aliphatic heterocycles. The number of aldehydes is 1. The fourth-order valence-corrected chi connectivity index (χ4v) is 2.62. The van der Waals surface area contributed by atoms with Crippen molar-refractivity contribution in [2.45, 2.75) is 18.8 Å². The molecule has 0 radical (unpaired) electrons. The van der Waals surface area contributed by atoms with Gasteiger partial charge in [0, 0.05) is 16.3 Å². The summed E-state index contributed by atoms with van der Waals surface area (Å²) >= 11 is 6.00. The lowest BCUT2D eigenvalue weighted by Gasteiger charge is -2.07. The summed E-state index contributed by atoms with van der Waals surface area (Å²) in [6.07, 6.45) is 2.45. The maximum Gasteiger partial charge on any atom is 0.195 e. The number of rotatable bonds is 4. The number of benzene rings is 1. The first-order valence-corrected chi connectivity index (χ1v) is 7.47. The summed E-state index contributed by atoms with van der Waals surface area (Å²) in [7, 11) is 0. The quantitative estimate of drug-likeness (QED) is 0.680. The Morgan fingerprint density at radius 1 is 1.29 bits per heavy atom. The van der Waals surface area contributed by atoms with Crippen molar-refractivity contribution in [2.75, 3.05) is 5.32 Å². The third-order valence-corrected chi connectivity index (χ3v) is 3.97. The molecule has 6 nitrogen and oxygen atoms in total. The molecule has 0 amide bonds. The Bertz CT molecular complexity index is 926. The van der Waals surface area contributed by atoms with Gasteiger partial charge in [-0.25, -0.2) is 14.4 Å². The number of anilines is 2. The van der Waals surface area contributed by atoms with Crippen LogP contribution in [-0.4, -0.2) is 26.5 Å². The topological polar surface area (TPSA) is 83.6 Å². The van der Waals surface area contributed by atoms with Crippen molar-refractivity contribution in [1.29, 1.82) is 0 Å². The zero-order valence-corrected chi connectivity index (χ0v) is 13.8. The van der Waals surface area contributed by atoms with Gasteiger partial charge in [0.15, 0.2) is 23.7 Å². The Morgan fingerprint density at radius 3 is 2.79 bits per heavy atom. The molecule has 1 saturated carbocycles. The van der Waals surface area contributed by atoms with E-state index in [0.29, 0.717) is 27.9 Å². The minimum Gasteiger partial charge on any atom is -0.320 e. The molecule has 3 aromatic rings. The smallest absolute Gasteiger partial charge is 0.195 e. The summed E-state index contributed by atoms with van der Waals surface area (Å²) in [4.78, 5) is 19.2. The highest BCUT2D eigenvalue weighted by Gasteiger charge is 2.30. The Labute approximate surface area is 147 Å². The Morgan fingerprint density at radius 2 is 2.08 bits per heavy atom. The Kier molecular flexibility index (Phi) is 4.38. The van der Waals surface area contributed by atoms with E-state index >= 15 is 0 Å². The van der Waals surface area contributed by atoms with Crippen molar-refractivity contribution in [2.24, 2.45) is 0 Å². The zero-order chi connectivity index (χ0) is 16.0. The number of nitrogens with one attached hydrogen (secondary N) is 2. The molecular formula is C15H12Cl2FN5O. The number of H-pyrrole nitrogens is 1. The van der Waals surface area contributed by atoms with Gasteiger partial charge in [0.05, 0.1) is 11.2 Å². The van der Waals surface area contributed by atoms with Gasteiger partial charge in [-0.2, -0.15) is 5.10 Å². The van der Waals surface area contributed by atoms with Crippen molar-refractivity contribution >= 4 is 52.8 Å². The molecule has 0 saturated heterocycles. The summed E-state index contributed by atoms with van der Waals surface area (Å²) < 4.78 is 14.4. The maximum absolute atomic E-state index is 14.4. The molecule has 1 aromatic carbocycles. The van der Waals surface area contributed by atoms with E-state index in [1.54, 1.807) is 18.2 Å². The van der Waals surface area contributed by atoms with Crippen LogP contribution < -0.4 is 5.32 Å². The fraction of sp³-hybridized carbons (Fsp3) is 0.200. The minimum absolute atomic E-state index is 0. The number of aromatic amines is 1. The van der Waals surface area contributed by atoms with Crippen LogP contribution in [0.4, 0.5) is 16.0 Å². The van der Waals surface area contributed by atoms with Gasteiger partial charge in [-0.05, 0) is 31.0 Å². The van der Waals surface area contributed by atoms with Gasteiger partial charge in [-0.3, -0.25) is 9.89 Å². The maximum atomic E-state index is 14.4. The molecule has 4 rings (SSSR count). The van der Waals surface area contributed by atoms with Crippen LogP contribution in [0.1, 0.15) is 35.1 Å². The van der Waals surface area contributed by atoms with E-state index in [1.807, 2.05) is 0 Å². The van der Waals surface area contributed by atoms with Gasteiger partial charge in [0.1, 0.15) is 5.82 Å². The first-order valence-electron chi connectivity index (χ1n) is 7.09. The molecular weight excluding hydrogens is 356 g/mol. The highest BCUT2D eigenvalue weighted by atomic mass is 35.5. The molecule has 0 unspecified atom stereocenters. The van der Waals surface area contributed by atoms with Gasteiger partial charge < -0.3 is 5.32 Å². The number of carbonyl (C=O) groups excluding carboxylic acids is 1. The predicted molar refractivity (Wildman–Crippen MR) is 91.0 cm³/mol. The zero-order valence-electron chi connectivity index (χ0n) is 12.2. The second-order valence-corrected chi connectivity index (χ2v) is 5.85. The van der Waals surface area contributed by atoms with E-state index in [1.165, 1.54) is 0 Å². The predicted octanol–water partition coefficient (Wildman–Crippen LogP) is 4.00. The van der Waals surface area contributed by atoms with Crippen LogP contribution in [0.3, 0.4) is 0 Å². The number of halogens is 3. The molecule has 124 valence electrons. The van der Waals surface area contributed by atoms with Gasteiger partial charge >= 0.3 is 0 Å². The van der Waals surface area contributed by atoms with Crippen LogP contribution in [-0.2, 0) is 0 Å². The molecule has 2 heterocycles. The van der Waals surface area contributed by atoms with Gasteiger partial charge in [0.25, 0.3) is 0 Å². The van der Waals surface area contributed by atoms with Crippen LogP contribution in [0.2, 0.25) is 5.02 Å². The van der Waals surface area contributed by atoms with Crippen LogP contribution in [0.5, 0.6) is 0 Å². The second kappa shape index (κ2) is 6.33. The van der Waals surface area contributed by atoms with Crippen LogP contribution in [0.15, 0.2) is 18.2 Å². The van der Waals surface area contributed by atoms with Gasteiger partial charge in [-0.15, -0.1) is 12.4 Å². The van der Waals surface area contributed by atoms with Crippen LogP contribution in [0.25, 0.3) is 10.9 Å². The Balaban J connectivity index is 0.00000169. The summed E-state index contributed by atoms with van der Waals surface area (Å²) in [5.41, 5.74) is 1.03. The SMILES string of the molecule is Cl.O=Cc1nc(Nc2n[nH]c(C3CC3)c2F)c2cc(Cl)ccc2n1.